The number of nitrogens with zero attached hydrogens (tertiary/aromatic N) is 2. The van der Waals surface area contributed by atoms with Crippen molar-refractivity contribution in [1.29, 1.82) is 0 Å². The number of benzene rings is 2. The zero-order chi connectivity index (χ0) is 24.2. The molecule has 6 nitrogen and oxygen atoms in total. The van der Waals surface area contributed by atoms with Crippen LogP contribution in [0.5, 0.6) is 0 Å². The molecule has 182 valence electrons. The summed E-state index contributed by atoms with van der Waals surface area (Å²) < 4.78 is 56.5. The van der Waals surface area contributed by atoms with Crippen LogP contribution in [0.3, 0.4) is 0 Å². The summed E-state index contributed by atoms with van der Waals surface area (Å²) in [6.07, 6.45) is 4.14. The molecule has 0 radical (unpaired) electrons. The predicted molar refractivity (Wildman–Crippen MR) is 132 cm³/mol. The summed E-state index contributed by atoms with van der Waals surface area (Å²) in [5.41, 5.74) is 0.832. The van der Waals surface area contributed by atoms with Crippen LogP contribution in [0.25, 0.3) is 0 Å². The summed E-state index contributed by atoms with van der Waals surface area (Å²) >= 11 is 5.97. The number of rotatable bonds is 9. The lowest BCUT2D eigenvalue weighted by molar-refractivity contribution is 0.246. The standard InChI is InChI=1S/C24H33ClN2O4S2/c1-4-19(3)27(18-20-9-11-21(25)12-10-20)33(30,31)24-15-13-23(14-16-24)32(28,29)26-17-7-6-8-22(26)5-2/h9-16,19,22H,4-8,17-18H2,1-3H3/t19-,22+/m0/s1. The van der Waals surface area contributed by atoms with Gasteiger partial charge in [0.15, 0.2) is 0 Å². The van der Waals surface area contributed by atoms with Crippen LogP contribution in [0, 0.1) is 0 Å². The zero-order valence-corrected chi connectivity index (χ0v) is 21.8. The maximum absolute atomic E-state index is 13.5. The Bertz CT molecular complexity index is 1130. The van der Waals surface area contributed by atoms with Gasteiger partial charge in [0.25, 0.3) is 0 Å². The normalized spacial score (nSPS) is 19.0. The molecule has 1 fully saturated rings. The van der Waals surface area contributed by atoms with E-state index in [0.29, 0.717) is 18.0 Å². The molecule has 1 heterocycles. The van der Waals surface area contributed by atoms with E-state index in [1.54, 1.807) is 16.4 Å². The van der Waals surface area contributed by atoms with Gasteiger partial charge in [-0.1, -0.05) is 44.0 Å². The maximum atomic E-state index is 13.5. The molecule has 0 N–H and O–H groups in total. The highest BCUT2D eigenvalue weighted by Crippen LogP contribution is 2.29. The quantitative estimate of drug-likeness (QED) is 0.458. The molecule has 1 aliphatic rings. The van der Waals surface area contributed by atoms with Crippen LogP contribution >= 0.6 is 11.6 Å². The summed E-state index contributed by atoms with van der Waals surface area (Å²) in [6.45, 7) is 6.52. The molecule has 0 aromatic heterocycles. The van der Waals surface area contributed by atoms with Crippen molar-refractivity contribution >= 4 is 31.6 Å². The monoisotopic (exact) mass is 512 g/mol. The molecule has 33 heavy (non-hydrogen) atoms. The van der Waals surface area contributed by atoms with Crippen molar-refractivity contribution in [3.8, 4) is 0 Å². The third kappa shape index (κ3) is 5.80. The first-order chi connectivity index (χ1) is 15.6. The average Bonchev–Trinajstić information content (AvgIpc) is 2.83. The minimum Gasteiger partial charge on any atom is -0.207 e. The third-order valence-corrected chi connectivity index (χ3v) is 10.6. The second kappa shape index (κ2) is 10.9. The van der Waals surface area contributed by atoms with E-state index in [4.69, 9.17) is 11.6 Å². The van der Waals surface area contributed by atoms with Crippen molar-refractivity contribution in [3.63, 3.8) is 0 Å². The Balaban J connectivity index is 1.90. The van der Waals surface area contributed by atoms with Gasteiger partial charge in [-0.15, -0.1) is 0 Å². The van der Waals surface area contributed by atoms with Crippen LogP contribution in [0.2, 0.25) is 5.02 Å². The van der Waals surface area contributed by atoms with Crippen LogP contribution < -0.4 is 0 Å². The molecule has 1 saturated heterocycles. The number of hydrogen-bond acceptors (Lipinski definition) is 4. The molecule has 9 heteroatoms. The van der Waals surface area contributed by atoms with Gasteiger partial charge >= 0.3 is 0 Å². The molecule has 0 amide bonds. The van der Waals surface area contributed by atoms with Crippen molar-refractivity contribution in [2.24, 2.45) is 0 Å². The van der Waals surface area contributed by atoms with Crippen molar-refractivity contribution in [1.82, 2.24) is 8.61 Å². The first-order valence-corrected chi connectivity index (χ1v) is 14.7. The lowest BCUT2D eigenvalue weighted by atomic mass is 10.0. The number of halogens is 1. The van der Waals surface area contributed by atoms with E-state index in [2.05, 4.69) is 0 Å². The van der Waals surface area contributed by atoms with E-state index in [1.807, 2.05) is 32.9 Å². The minimum atomic E-state index is -3.83. The Kier molecular flexibility index (Phi) is 8.61. The zero-order valence-electron chi connectivity index (χ0n) is 19.4. The van der Waals surface area contributed by atoms with Crippen LogP contribution in [0.15, 0.2) is 58.3 Å². The molecular formula is C24H33ClN2O4S2. The summed E-state index contributed by atoms with van der Waals surface area (Å²) in [4.78, 5) is 0.219. The summed E-state index contributed by atoms with van der Waals surface area (Å²) in [7, 11) is -7.50. The van der Waals surface area contributed by atoms with E-state index < -0.39 is 20.0 Å². The number of piperidine rings is 1. The third-order valence-electron chi connectivity index (χ3n) is 6.42. The fourth-order valence-corrected chi connectivity index (χ4v) is 7.79. The molecular weight excluding hydrogens is 480 g/mol. The van der Waals surface area contributed by atoms with Gasteiger partial charge in [-0.25, -0.2) is 16.8 Å². The Hall–Kier alpha value is -1.45. The van der Waals surface area contributed by atoms with Crippen molar-refractivity contribution in [2.75, 3.05) is 6.54 Å². The summed E-state index contributed by atoms with van der Waals surface area (Å²) in [6, 6.07) is 12.5. The fraction of sp³-hybridized carbons (Fsp3) is 0.500. The Morgan fingerprint density at radius 2 is 1.58 bits per heavy atom. The van der Waals surface area contributed by atoms with Crippen LogP contribution in [0.4, 0.5) is 0 Å². The predicted octanol–water partition coefficient (Wildman–Crippen LogP) is 5.28. The van der Waals surface area contributed by atoms with Crippen LogP contribution in [-0.4, -0.2) is 44.1 Å². The molecule has 2 atom stereocenters. The van der Waals surface area contributed by atoms with Gasteiger partial charge in [0, 0.05) is 30.2 Å². The highest BCUT2D eigenvalue weighted by molar-refractivity contribution is 7.89. The summed E-state index contributed by atoms with van der Waals surface area (Å²) in [5.74, 6) is 0. The van der Waals surface area contributed by atoms with E-state index in [0.717, 1.165) is 31.2 Å². The molecule has 2 aromatic carbocycles. The van der Waals surface area contributed by atoms with Gasteiger partial charge in [-0.2, -0.15) is 8.61 Å². The van der Waals surface area contributed by atoms with Crippen molar-refractivity contribution < 1.29 is 16.8 Å². The van der Waals surface area contributed by atoms with Gasteiger partial charge in [-0.05, 0) is 74.6 Å². The van der Waals surface area contributed by atoms with E-state index >= 15 is 0 Å². The SMILES string of the molecule is CC[C@@H]1CCCCN1S(=O)(=O)c1ccc(S(=O)(=O)N(Cc2ccc(Cl)cc2)[C@@H](C)CC)cc1. The van der Waals surface area contributed by atoms with Gasteiger partial charge < -0.3 is 0 Å². The molecule has 0 unspecified atom stereocenters. The summed E-state index contributed by atoms with van der Waals surface area (Å²) in [5, 5.41) is 0.590. The first kappa shape index (κ1) is 26.2. The van der Waals surface area contributed by atoms with Crippen LogP contribution in [0.1, 0.15) is 58.4 Å². The van der Waals surface area contributed by atoms with E-state index in [-0.39, 0.29) is 28.4 Å². The van der Waals surface area contributed by atoms with Crippen molar-refractivity contribution in [3.05, 3.63) is 59.1 Å². The van der Waals surface area contributed by atoms with Crippen molar-refractivity contribution in [2.45, 2.75) is 81.3 Å². The first-order valence-electron chi connectivity index (χ1n) is 11.5. The average molecular weight is 513 g/mol. The highest BCUT2D eigenvalue weighted by atomic mass is 35.5. The Labute approximate surface area is 203 Å². The largest absolute Gasteiger partial charge is 0.243 e. The molecule has 1 aliphatic heterocycles. The van der Waals surface area contributed by atoms with Gasteiger partial charge in [0.2, 0.25) is 20.0 Å². The van der Waals surface area contributed by atoms with E-state index in [1.165, 1.54) is 28.6 Å². The Morgan fingerprint density at radius 3 is 2.15 bits per heavy atom. The molecule has 0 bridgehead atoms. The van der Waals surface area contributed by atoms with Gasteiger partial charge in [0.1, 0.15) is 0 Å². The molecule has 0 spiro atoms. The van der Waals surface area contributed by atoms with E-state index in [9.17, 15) is 16.8 Å². The molecule has 0 saturated carbocycles. The molecule has 3 rings (SSSR count). The highest BCUT2D eigenvalue weighted by Gasteiger charge is 2.33. The molecule has 0 aliphatic carbocycles. The second-order valence-corrected chi connectivity index (χ2v) is 12.8. The fourth-order valence-electron chi connectivity index (χ4n) is 4.20. The maximum Gasteiger partial charge on any atom is 0.243 e. The number of hydrogen-bond donors (Lipinski definition) is 0. The Morgan fingerprint density at radius 1 is 0.970 bits per heavy atom. The van der Waals surface area contributed by atoms with Gasteiger partial charge in [0.05, 0.1) is 9.79 Å². The second-order valence-electron chi connectivity index (χ2n) is 8.58. The minimum absolute atomic E-state index is 0.00701. The van der Waals surface area contributed by atoms with Gasteiger partial charge in [-0.3, -0.25) is 0 Å². The smallest absolute Gasteiger partial charge is 0.207 e. The lowest BCUT2D eigenvalue weighted by Gasteiger charge is -2.34. The number of sulfonamides is 2. The topological polar surface area (TPSA) is 74.8 Å². The lowest BCUT2D eigenvalue weighted by Crippen LogP contribution is -2.43. The van der Waals surface area contributed by atoms with Crippen LogP contribution in [-0.2, 0) is 26.6 Å². The molecule has 2 aromatic rings.